The van der Waals surface area contributed by atoms with Crippen molar-refractivity contribution in [2.24, 2.45) is 11.7 Å². The molecule has 6 nitrogen and oxygen atoms in total. The number of hydrogen-bond acceptors (Lipinski definition) is 4. The maximum atomic E-state index is 14.2. The molecule has 0 spiro atoms. The summed E-state index contributed by atoms with van der Waals surface area (Å²) in [5.74, 6) is 1.08. The average molecular weight is 426 g/mol. The molecule has 0 saturated heterocycles. The Morgan fingerprint density at radius 2 is 1.97 bits per heavy atom. The van der Waals surface area contributed by atoms with Gasteiger partial charge in [-0.2, -0.15) is 0 Å². The van der Waals surface area contributed by atoms with Gasteiger partial charge in [0.05, 0.1) is 18.8 Å². The van der Waals surface area contributed by atoms with E-state index in [1.807, 2.05) is 30.3 Å². The van der Waals surface area contributed by atoms with Crippen LogP contribution in [0.25, 0.3) is 0 Å². The number of carbonyl (C=O) groups excluding carboxylic acids is 1. The SMILES string of the molecule is NC(=O)N(c1ccc(Oc2ccccc2)cn1)C1[C@H]2COc3c(F)ccc(Cl)c3[C@@H]12. The largest absolute Gasteiger partial charge is 0.490 e. The standard InChI is InChI=1S/C22H17ClFN3O3/c23-15-7-8-16(24)21-19(15)18-14(11-29-21)20(18)27(22(25)28)17-9-6-13(10-26-17)30-12-4-2-1-3-5-12/h1-10,14,18,20H,11H2,(H2,25,28)/t14-,18-,20?/m0/s1. The van der Waals surface area contributed by atoms with E-state index in [0.717, 1.165) is 0 Å². The number of amides is 2. The first kappa shape index (κ1) is 18.7. The number of fused-ring (bicyclic) bond motifs is 3. The highest BCUT2D eigenvalue weighted by molar-refractivity contribution is 6.31. The van der Waals surface area contributed by atoms with Crippen LogP contribution in [-0.4, -0.2) is 23.7 Å². The number of anilines is 1. The van der Waals surface area contributed by atoms with Gasteiger partial charge in [-0.15, -0.1) is 0 Å². The summed E-state index contributed by atoms with van der Waals surface area (Å²) < 4.78 is 25.5. The van der Waals surface area contributed by atoms with E-state index in [-0.39, 0.29) is 30.2 Å². The van der Waals surface area contributed by atoms with E-state index < -0.39 is 11.8 Å². The van der Waals surface area contributed by atoms with Crippen molar-refractivity contribution < 1.29 is 18.7 Å². The molecule has 3 aromatic rings. The Morgan fingerprint density at radius 3 is 2.67 bits per heavy atom. The van der Waals surface area contributed by atoms with Gasteiger partial charge >= 0.3 is 6.03 Å². The molecule has 1 fully saturated rings. The zero-order valence-electron chi connectivity index (χ0n) is 15.7. The van der Waals surface area contributed by atoms with Crippen molar-refractivity contribution in [3.05, 3.63) is 77.2 Å². The molecule has 0 radical (unpaired) electrons. The number of benzene rings is 2. The molecule has 2 aliphatic rings. The van der Waals surface area contributed by atoms with Crippen LogP contribution in [0.3, 0.4) is 0 Å². The number of ether oxygens (including phenoxy) is 2. The Hall–Kier alpha value is -3.32. The summed E-state index contributed by atoms with van der Waals surface area (Å²) in [6, 6.07) is 14.5. The molecule has 2 amide bonds. The molecule has 3 atom stereocenters. The molecule has 1 aliphatic heterocycles. The number of primary amides is 1. The summed E-state index contributed by atoms with van der Waals surface area (Å²) in [6.07, 6.45) is 1.53. The number of para-hydroxylation sites is 1. The predicted molar refractivity (Wildman–Crippen MR) is 110 cm³/mol. The first-order valence-electron chi connectivity index (χ1n) is 9.43. The molecule has 1 saturated carbocycles. The molecule has 2 heterocycles. The van der Waals surface area contributed by atoms with Gasteiger partial charge in [0.25, 0.3) is 0 Å². The lowest BCUT2D eigenvalue weighted by molar-refractivity contribution is 0.250. The van der Waals surface area contributed by atoms with Gasteiger partial charge < -0.3 is 15.2 Å². The van der Waals surface area contributed by atoms with Crippen LogP contribution in [0.4, 0.5) is 15.0 Å². The third-order valence-electron chi connectivity index (χ3n) is 5.46. The zero-order chi connectivity index (χ0) is 20.8. The minimum atomic E-state index is -0.646. The molecule has 1 aromatic heterocycles. The average Bonchev–Trinajstić information content (AvgIpc) is 3.46. The fourth-order valence-corrected chi connectivity index (χ4v) is 4.37. The number of hydrogen-bond donors (Lipinski definition) is 1. The summed E-state index contributed by atoms with van der Waals surface area (Å²) in [5, 5.41) is 0.410. The van der Waals surface area contributed by atoms with Crippen molar-refractivity contribution in [3.8, 4) is 17.2 Å². The van der Waals surface area contributed by atoms with E-state index in [1.54, 1.807) is 12.1 Å². The molecule has 152 valence electrons. The second-order valence-electron chi connectivity index (χ2n) is 7.24. The van der Waals surface area contributed by atoms with E-state index in [9.17, 15) is 9.18 Å². The van der Waals surface area contributed by atoms with Crippen LogP contribution in [0.15, 0.2) is 60.8 Å². The number of pyridine rings is 1. The fourth-order valence-electron chi connectivity index (χ4n) is 4.09. The highest BCUT2D eigenvalue weighted by atomic mass is 35.5. The third-order valence-corrected chi connectivity index (χ3v) is 5.79. The van der Waals surface area contributed by atoms with Crippen molar-refractivity contribution in [3.63, 3.8) is 0 Å². The molecule has 30 heavy (non-hydrogen) atoms. The number of aromatic nitrogens is 1. The van der Waals surface area contributed by atoms with Crippen LogP contribution in [0.1, 0.15) is 11.5 Å². The molecule has 0 bridgehead atoms. The Balaban J connectivity index is 1.42. The monoisotopic (exact) mass is 425 g/mol. The topological polar surface area (TPSA) is 77.7 Å². The van der Waals surface area contributed by atoms with Gasteiger partial charge in [0.15, 0.2) is 11.6 Å². The van der Waals surface area contributed by atoms with Crippen LogP contribution in [0.2, 0.25) is 5.02 Å². The van der Waals surface area contributed by atoms with Gasteiger partial charge in [-0.25, -0.2) is 14.2 Å². The first-order chi connectivity index (χ1) is 14.5. The molecular weight excluding hydrogens is 409 g/mol. The number of halogens is 2. The molecule has 8 heteroatoms. The summed E-state index contributed by atoms with van der Waals surface area (Å²) in [6.45, 7) is 0.276. The summed E-state index contributed by atoms with van der Waals surface area (Å²) in [5.41, 5.74) is 6.26. The van der Waals surface area contributed by atoms with E-state index in [2.05, 4.69) is 4.98 Å². The van der Waals surface area contributed by atoms with Gasteiger partial charge in [0, 0.05) is 22.4 Å². The minimum Gasteiger partial charge on any atom is -0.490 e. The number of carbonyl (C=O) groups is 1. The van der Waals surface area contributed by atoms with Crippen molar-refractivity contribution in [2.75, 3.05) is 11.5 Å². The zero-order valence-corrected chi connectivity index (χ0v) is 16.4. The number of rotatable bonds is 4. The van der Waals surface area contributed by atoms with Gasteiger partial charge in [0.2, 0.25) is 0 Å². The Bertz CT molecular complexity index is 1110. The van der Waals surface area contributed by atoms with Crippen molar-refractivity contribution >= 4 is 23.4 Å². The van der Waals surface area contributed by atoms with Gasteiger partial charge in [-0.05, 0) is 36.4 Å². The summed E-state index contributed by atoms with van der Waals surface area (Å²) >= 11 is 6.32. The lowest BCUT2D eigenvalue weighted by atomic mass is 10.1. The lowest BCUT2D eigenvalue weighted by Gasteiger charge is -2.20. The van der Waals surface area contributed by atoms with Crippen LogP contribution >= 0.6 is 11.6 Å². The molecule has 2 aromatic carbocycles. The van der Waals surface area contributed by atoms with E-state index in [0.29, 0.717) is 27.9 Å². The summed E-state index contributed by atoms with van der Waals surface area (Å²) in [7, 11) is 0. The quantitative estimate of drug-likeness (QED) is 0.655. The van der Waals surface area contributed by atoms with Crippen molar-refractivity contribution in [2.45, 2.75) is 12.0 Å². The molecule has 1 unspecified atom stereocenters. The van der Waals surface area contributed by atoms with Gasteiger partial charge in [-0.3, -0.25) is 4.90 Å². The first-order valence-corrected chi connectivity index (χ1v) is 9.80. The summed E-state index contributed by atoms with van der Waals surface area (Å²) in [4.78, 5) is 18.1. The number of nitrogens with two attached hydrogens (primary N) is 1. The maximum absolute atomic E-state index is 14.2. The van der Waals surface area contributed by atoms with Crippen molar-refractivity contribution in [1.82, 2.24) is 4.98 Å². The Labute approximate surface area is 177 Å². The highest BCUT2D eigenvalue weighted by Gasteiger charge is 2.60. The highest BCUT2D eigenvalue weighted by Crippen LogP contribution is 2.59. The number of nitrogens with zero attached hydrogens (tertiary/aromatic N) is 2. The van der Waals surface area contributed by atoms with Crippen LogP contribution < -0.4 is 20.1 Å². The van der Waals surface area contributed by atoms with Gasteiger partial charge in [-0.1, -0.05) is 29.8 Å². The van der Waals surface area contributed by atoms with E-state index in [1.165, 1.54) is 23.2 Å². The molecule has 1 aliphatic carbocycles. The van der Waals surface area contributed by atoms with Gasteiger partial charge in [0.1, 0.15) is 17.3 Å². The van der Waals surface area contributed by atoms with Crippen LogP contribution in [-0.2, 0) is 0 Å². The normalized spacial score (nSPS) is 21.1. The van der Waals surface area contributed by atoms with E-state index in [4.69, 9.17) is 26.8 Å². The Kier molecular flexibility index (Phi) is 4.47. The second kappa shape index (κ2) is 7.18. The third kappa shape index (κ3) is 3.11. The van der Waals surface area contributed by atoms with Crippen LogP contribution in [0, 0.1) is 11.7 Å². The Morgan fingerprint density at radius 1 is 1.17 bits per heavy atom. The second-order valence-corrected chi connectivity index (χ2v) is 7.65. The molecule has 2 N–H and O–H groups in total. The fraction of sp³-hybridized carbons (Fsp3) is 0.182. The maximum Gasteiger partial charge on any atom is 0.320 e. The minimum absolute atomic E-state index is 0.0358. The number of urea groups is 1. The van der Waals surface area contributed by atoms with E-state index >= 15 is 0 Å². The van der Waals surface area contributed by atoms with Crippen LogP contribution in [0.5, 0.6) is 17.2 Å². The van der Waals surface area contributed by atoms with Crippen molar-refractivity contribution in [1.29, 1.82) is 0 Å². The molecular formula is C22H17ClFN3O3. The molecule has 5 rings (SSSR count). The lowest BCUT2D eigenvalue weighted by Crippen LogP contribution is -2.39. The smallest absolute Gasteiger partial charge is 0.320 e. The predicted octanol–water partition coefficient (Wildman–Crippen LogP) is 4.73.